The van der Waals surface area contributed by atoms with Gasteiger partial charge in [-0.15, -0.1) is 0 Å². The molecule has 2 fully saturated rings. The number of rotatable bonds is 8. The van der Waals surface area contributed by atoms with E-state index in [1.54, 1.807) is 18.2 Å². The fourth-order valence-electron chi connectivity index (χ4n) is 6.34. The van der Waals surface area contributed by atoms with Gasteiger partial charge in [0.2, 0.25) is 11.8 Å². The smallest absolute Gasteiger partial charge is 0.271 e. The van der Waals surface area contributed by atoms with Gasteiger partial charge in [0.15, 0.2) is 0 Å². The Kier molecular flexibility index (Phi) is 7.17. The predicted octanol–water partition coefficient (Wildman–Crippen LogP) is 5.81. The monoisotopic (exact) mass is 516 g/mol. The molecule has 1 N–H and O–H groups in total. The summed E-state index contributed by atoms with van der Waals surface area (Å²) in [5.41, 5.74) is 4.61. The largest absolute Gasteiger partial charge is 0.508 e. The van der Waals surface area contributed by atoms with E-state index in [1.807, 2.05) is 12.1 Å². The van der Waals surface area contributed by atoms with E-state index in [0.29, 0.717) is 13.0 Å². The number of non-ortho nitro benzene ring substituents is 1. The van der Waals surface area contributed by atoms with Crippen molar-refractivity contribution in [1.29, 1.82) is 0 Å². The molecule has 2 aromatic rings. The Morgan fingerprint density at radius 2 is 1.95 bits per heavy atom. The quantitative estimate of drug-likeness (QED) is 0.205. The lowest BCUT2D eigenvalue weighted by molar-refractivity contribution is -0.384. The van der Waals surface area contributed by atoms with Crippen molar-refractivity contribution in [2.45, 2.75) is 52.1 Å². The molecule has 198 valence electrons. The zero-order valence-electron chi connectivity index (χ0n) is 21.6. The number of hydrogen-bond acceptors (Lipinski definition) is 6. The van der Waals surface area contributed by atoms with Crippen molar-refractivity contribution < 1.29 is 24.4 Å². The Hall–Kier alpha value is -3.78. The molecule has 0 aromatic heterocycles. The second-order valence-corrected chi connectivity index (χ2v) is 10.5. The zero-order chi connectivity index (χ0) is 27.0. The van der Waals surface area contributed by atoms with Crippen LogP contribution in [0.15, 0.2) is 65.3 Å². The minimum Gasteiger partial charge on any atom is -0.508 e. The van der Waals surface area contributed by atoms with E-state index in [-0.39, 0.29) is 41.0 Å². The van der Waals surface area contributed by atoms with Crippen LogP contribution in [-0.4, -0.2) is 34.6 Å². The first-order valence-corrected chi connectivity index (χ1v) is 13.2. The van der Waals surface area contributed by atoms with Crippen LogP contribution in [0.3, 0.4) is 0 Å². The number of imide groups is 1. The van der Waals surface area contributed by atoms with Gasteiger partial charge in [-0.3, -0.25) is 19.7 Å². The van der Waals surface area contributed by atoms with Gasteiger partial charge < -0.3 is 9.84 Å². The fourth-order valence-corrected chi connectivity index (χ4v) is 6.34. The number of carbonyl (C=O) groups is 2. The molecule has 4 atom stereocenters. The lowest BCUT2D eigenvalue weighted by Gasteiger charge is -2.31. The van der Waals surface area contributed by atoms with Gasteiger partial charge in [-0.05, 0) is 61.9 Å². The van der Waals surface area contributed by atoms with Gasteiger partial charge in [0, 0.05) is 18.1 Å². The van der Waals surface area contributed by atoms with Crippen molar-refractivity contribution in [3.05, 3.63) is 80.9 Å². The molecular formula is C30H32N2O6. The number of nitro groups is 1. The van der Waals surface area contributed by atoms with Crippen LogP contribution in [0, 0.1) is 27.9 Å². The van der Waals surface area contributed by atoms with Crippen LogP contribution in [0.2, 0.25) is 0 Å². The molecule has 0 spiro atoms. The summed E-state index contributed by atoms with van der Waals surface area (Å²) in [4.78, 5) is 39.1. The average molecular weight is 517 g/mol. The first-order chi connectivity index (χ1) is 18.3. The third kappa shape index (κ3) is 4.76. The molecule has 5 rings (SSSR count). The standard InChI is InChI=1S/C30H32N2O6/c1-3-6-20-15-24-28(30(35)31(29(24)34)21-8-5-9-22(16-21)32(36)37)25-17-38-26(27(20)25)12-11-18(2)13-19-7-4-10-23(33)14-19/h4-5,7-10,13-14,16,24-26,28,33H,3,6,11-12,15,17H2,1-2H3/b18-13+/t24-,25+,26-,28-/m1/s1. The molecule has 2 aliphatic heterocycles. The number of anilines is 1. The first-order valence-electron chi connectivity index (χ1n) is 13.2. The molecule has 0 radical (unpaired) electrons. The van der Waals surface area contributed by atoms with Crippen LogP contribution < -0.4 is 4.90 Å². The van der Waals surface area contributed by atoms with Gasteiger partial charge in [0.25, 0.3) is 5.69 Å². The van der Waals surface area contributed by atoms with Crippen molar-refractivity contribution in [3.63, 3.8) is 0 Å². The number of allylic oxidation sites excluding steroid dienone is 2. The van der Waals surface area contributed by atoms with Gasteiger partial charge in [-0.1, -0.05) is 48.8 Å². The SMILES string of the molecule is CCCC1=C2[C@@H](CC/C(C)=C/c3cccc(O)c3)OC[C@@H]2[C@@H]2C(=O)N(c3cccc([N+](=O)[O-])c3)C(=O)[C@@H]2C1. The van der Waals surface area contributed by atoms with Crippen molar-refractivity contribution in [2.75, 3.05) is 11.5 Å². The number of benzene rings is 2. The average Bonchev–Trinajstić information content (AvgIpc) is 3.41. The van der Waals surface area contributed by atoms with E-state index >= 15 is 0 Å². The van der Waals surface area contributed by atoms with E-state index in [1.165, 1.54) is 29.3 Å². The highest BCUT2D eigenvalue weighted by molar-refractivity contribution is 6.22. The Balaban J connectivity index is 1.38. The molecule has 2 heterocycles. The van der Waals surface area contributed by atoms with Gasteiger partial charge in [0.05, 0.1) is 35.2 Å². The number of fused-ring (bicyclic) bond motifs is 3. The Morgan fingerprint density at radius 3 is 2.68 bits per heavy atom. The molecular weight excluding hydrogens is 484 g/mol. The van der Waals surface area contributed by atoms with Crippen LogP contribution in [0.5, 0.6) is 5.75 Å². The van der Waals surface area contributed by atoms with Gasteiger partial charge in [-0.2, -0.15) is 0 Å². The number of nitrogens with zero attached hydrogens (tertiary/aromatic N) is 2. The zero-order valence-corrected chi connectivity index (χ0v) is 21.6. The normalized spacial score (nSPS) is 25.1. The highest BCUT2D eigenvalue weighted by Crippen LogP contribution is 2.51. The number of hydrogen-bond donors (Lipinski definition) is 1. The van der Waals surface area contributed by atoms with Crippen molar-refractivity contribution in [1.82, 2.24) is 0 Å². The predicted molar refractivity (Wildman–Crippen MR) is 143 cm³/mol. The summed E-state index contributed by atoms with van der Waals surface area (Å²) in [7, 11) is 0. The highest BCUT2D eigenvalue weighted by Gasteiger charge is 2.57. The molecule has 8 nitrogen and oxygen atoms in total. The number of ether oxygens (including phenoxy) is 1. The van der Waals surface area contributed by atoms with Gasteiger partial charge >= 0.3 is 0 Å². The van der Waals surface area contributed by atoms with Crippen LogP contribution in [-0.2, 0) is 14.3 Å². The Labute approximate surface area is 221 Å². The first kappa shape index (κ1) is 25.9. The molecule has 2 aromatic carbocycles. The number of carbonyl (C=O) groups excluding carboxylic acids is 2. The Morgan fingerprint density at radius 1 is 1.16 bits per heavy atom. The third-order valence-electron chi connectivity index (χ3n) is 7.94. The molecule has 2 amide bonds. The lowest BCUT2D eigenvalue weighted by Crippen LogP contribution is -2.34. The molecule has 8 heteroatoms. The summed E-state index contributed by atoms with van der Waals surface area (Å²) in [5.74, 6) is -1.47. The summed E-state index contributed by atoms with van der Waals surface area (Å²) >= 11 is 0. The van der Waals surface area contributed by atoms with Crippen LogP contribution in [0.1, 0.15) is 51.5 Å². The lowest BCUT2D eigenvalue weighted by atomic mass is 9.68. The summed E-state index contributed by atoms with van der Waals surface area (Å²) in [6.07, 6.45) is 5.84. The van der Waals surface area contributed by atoms with Crippen LogP contribution >= 0.6 is 0 Å². The number of phenols is 1. The van der Waals surface area contributed by atoms with Gasteiger partial charge in [0.1, 0.15) is 5.75 Å². The number of amides is 2. The number of nitro benzene ring substituents is 1. The van der Waals surface area contributed by atoms with Crippen molar-refractivity contribution >= 4 is 29.3 Å². The van der Waals surface area contributed by atoms with E-state index in [9.17, 15) is 24.8 Å². The van der Waals surface area contributed by atoms with Crippen LogP contribution in [0.25, 0.3) is 6.08 Å². The van der Waals surface area contributed by atoms with Crippen molar-refractivity contribution in [3.8, 4) is 5.75 Å². The summed E-state index contributed by atoms with van der Waals surface area (Å²) < 4.78 is 6.28. The second-order valence-electron chi connectivity index (χ2n) is 10.5. The maximum Gasteiger partial charge on any atom is 0.271 e. The number of phenolic OH excluding ortho intramolecular Hbond substituents is 1. The van der Waals surface area contributed by atoms with E-state index < -0.39 is 16.8 Å². The van der Waals surface area contributed by atoms with E-state index in [4.69, 9.17) is 4.74 Å². The molecule has 38 heavy (non-hydrogen) atoms. The molecule has 2 saturated heterocycles. The summed E-state index contributed by atoms with van der Waals surface area (Å²) in [6, 6.07) is 12.9. The number of aromatic hydroxyl groups is 1. The Bertz CT molecular complexity index is 1350. The molecule has 1 aliphatic carbocycles. The van der Waals surface area contributed by atoms with E-state index in [2.05, 4.69) is 19.9 Å². The van der Waals surface area contributed by atoms with Crippen LogP contribution in [0.4, 0.5) is 11.4 Å². The maximum absolute atomic E-state index is 13.7. The van der Waals surface area contributed by atoms with E-state index in [0.717, 1.165) is 41.7 Å². The molecule has 0 saturated carbocycles. The second kappa shape index (κ2) is 10.5. The maximum atomic E-state index is 13.7. The topological polar surface area (TPSA) is 110 Å². The summed E-state index contributed by atoms with van der Waals surface area (Å²) in [6.45, 7) is 4.56. The molecule has 3 aliphatic rings. The minimum absolute atomic E-state index is 0.107. The minimum atomic E-state index is -0.521. The van der Waals surface area contributed by atoms with Gasteiger partial charge in [-0.25, -0.2) is 4.90 Å². The molecule has 0 unspecified atom stereocenters. The molecule has 0 bridgehead atoms. The fraction of sp³-hybridized carbons (Fsp3) is 0.400. The highest BCUT2D eigenvalue weighted by atomic mass is 16.6. The third-order valence-corrected chi connectivity index (χ3v) is 7.94. The summed E-state index contributed by atoms with van der Waals surface area (Å²) in [5, 5.41) is 21.0. The van der Waals surface area contributed by atoms with Crippen molar-refractivity contribution in [2.24, 2.45) is 17.8 Å².